The van der Waals surface area contributed by atoms with Gasteiger partial charge in [0, 0.05) is 6.54 Å². The van der Waals surface area contributed by atoms with E-state index in [4.69, 9.17) is 0 Å². The molecule has 1 unspecified atom stereocenters. The minimum Gasteiger partial charge on any atom is -0.390 e. The molecule has 1 atom stereocenters. The Morgan fingerprint density at radius 3 is 2.50 bits per heavy atom. The Kier molecular flexibility index (Phi) is 5.77. The van der Waals surface area contributed by atoms with Crippen LogP contribution in [0.3, 0.4) is 0 Å². The summed E-state index contributed by atoms with van der Waals surface area (Å²) in [6, 6.07) is 0. The van der Waals surface area contributed by atoms with Crippen molar-refractivity contribution in [3.8, 4) is 0 Å². The lowest BCUT2D eigenvalue weighted by Gasteiger charge is -2.16. The molecule has 0 heterocycles. The van der Waals surface area contributed by atoms with Crippen molar-refractivity contribution in [1.29, 1.82) is 0 Å². The van der Waals surface area contributed by atoms with E-state index in [9.17, 15) is 9.90 Å². The van der Waals surface area contributed by atoms with Gasteiger partial charge in [-0.2, -0.15) is 0 Å². The van der Waals surface area contributed by atoms with E-state index in [2.05, 4.69) is 19.2 Å². The SMILES string of the molecule is CCC(C)CCNC(=O)CC(C)(C)O. The molecule has 0 spiro atoms. The van der Waals surface area contributed by atoms with Crippen LogP contribution in [-0.4, -0.2) is 23.2 Å². The first-order chi connectivity index (χ1) is 6.35. The molecular formula is C11H23NO2. The summed E-state index contributed by atoms with van der Waals surface area (Å²) < 4.78 is 0. The Bertz CT molecular complexity index is 173. The highest BCUT2D eigenvalue weighted by atomic mass is 16.3. The van der Waals surface area contributed by atoms with Crippen molar-refractivity contribution in [3.05, 3.63) is 0 Å². The summed E-state index contributed by atoms with van der Waals surface area (Å²) in [6.07, 6.45) is 2.32. The second-order valence-corrected chi connectivity index (χ2v) is 4.64. The fraction of sp³-hybridized carbons (Fsp3) is 0.909. The van der Waals surface area contributed by atoms with E-state index in [-0.39, 0.29) is 12.3 Å². The Hall–Kier alpha value is -0.570. The smallest absolute Gasteiger partial charge is 0.222 e. The normalized spacial score (nSPS) is 13.8. The monoisotopic (exact) mass is 201 g/mol. The van der Waals surface area contributed by atoms with E-state index in [0.29, 0.717) is 12.5 Å². The second-order valence-electron chi connectivity index (χ2n) is 4.64. The number of amides is 1. The third-order valence-corrected chi connectivity index (χ3v) is 2.25. The van der Waals surface area contributed by atoms with E-state index in [1.807, 2.05) is 0 Å². The zero-order valence-electron chi connectivity index (χ0n) is 9.76. The maximum Gasteiger partial charge on any atom is 0.222 e. The van der Waals surface area contributed by atoms with Crippen LogP contribution in [-0.2, 0) is 4.79 Å². The van der Waals surface area contributed by atoms with Crippen molar-refractivity contribution in [3.63, 3.8) is 0 Å². The molecule has 14 heavy (non-hydrogen) atoms. The van der Waals surface area contributed by atoms with E-state index >= 15 is 0 Å². The number of nitrogens with one attached hydrogen (secondary N) is 1. The van der Waals surface area contributed by atoms with Gasteiger partial charge in [0.1, 0.15) is 0 Å². The van der Waals surface area contributed by atoms with Gasteiger partial charge in [-0.15, -0.1) is 0 Å². The first-order valence-electron chi connectivity index (χ1n) is 5.34. The molecule has 0 aliphatic rings. The molecule has 0 radical (unpaired) electrons. The highest BCUT2D eigenvalue weighted by Gasteiger charge is 2.17. The average Bonchev–Trinajstić information content (AvgIpc) is 2.00. The van der Waals surface area contributed by atoms with Crippen molar-refractivity contribution in [1.82, 2.24) is 5.32 Å². The number of hydrogen-bond acceptors (Lipinski definition) is 2. The minimum atomic E-state index is -0.902. The van der Waals surface area contributed by atoms with Crippen LogP contribution in [0.25, 0.3) is 0 Å². The van der Waals surface area contributed by atoms with Gasteiger partial charge in [0.05, 0.1) is 12.0 Å². The summed E-state index contributed by atoms with van der Waals surface area (Å²) >= 11 is 0. The van der Waals surface area contributed by atoms with E-state index in [0.717, 1.165) is 12.8 Å². The minimum absolute atomic E-state index is 0.0687. The van der Waals surface area contributed by atoms with Gasteiger partial charge in [-0.25, -0.2) is 0 Å². The quantitative estimate of drug-likeness (QED) is 0.687. The fourth-order valence-corrected chi connectivity index (χ4v) is 1.12. The molecule has 0 saturated heterocycles. The van der Waals surface area contributed by atoms with Crippen LogP contribution in [0.5, 0.6) is 0 Å². The molecular weight excluding hydrogens is 178 g/mol. The molecule has 0 aliphatic carbocycles. The first-order valence-corrected chi connectivity index (χ1v) is 5.34. The van der Waals surface area contributed by atoms with Gasteiger partial charge in [-0.1, -0.05) is 20.3 Å². The van der Waals surface area contributed by atoms with E-state index in [1.165, 1.54) is 0 Å². The van der Waals surface area contributed by atoms with Crippen molar-refractivity contribution in [2.24, 2.45) is 5.92 Å². The maximum atomic E-state index is 11.3. The lowest BCUT2D eigenvalue weighted by molar-refractivity contribution is -0.124. The highest BCUT2D eigenvalue weighted by Crippen LogP contribution is 2.07. The van der Waals surface area contributed by atoms with Crippen LogP contribution in [0.1, 0.15) is 47.0 Å². The number of rotatable bonds is 6. The third-order valence-electron chi connectivity index (χ3n) is 2.25. The molecule has 0 aromatic heterocycles. The third kappa shape index (κ3) is 8.05. The standard InChI is InChI=1S/C11H23NO2/c1-5-9(2)6-7-12-10(13)8-11(3,4)14/h9,14H,5-8H2,1-4H3,(H,12,13). The molecule has 3 heteroatoms. The van der Waals surface area contributed by atoms with Gasteiger partial charge in [-0.3, -0.25) is 4.79 Å². The molecule has 0 aromatic carbocycles. The van der Waals surface area contributed by atoms with Gasteiger partial charge in [0.15, 0.2) is 0 Å². The van der Waals surface area contributed by atoms with Gasteiger partial charge in [0.2, 0.25) is 5.91 Å². The molecule has 3 nitrogen and oxygen atoms in total. The number of carbonyl (C=O) groups excluding carboxylic acids is 1. The predicted octanol–water partition coefficient (Wildman–Crippen LogP) is 1.70. The van der Waals surface area contributed by atoms with Crippen LogP contribution in [0.2, 0.25) is 0 Å². The molecule has 0 rings (SSSR count). The lowest BCUT2D eigenvalue weighted by atomic mass is 10.0. The van der Waals surface area contributed by atoms with Crippen molar-refractivity contribution in [2.45, 2.75) is 52.6 Å². The van der Waals surface area contributed by atoms with Crippen LogP contribution >= 0.6 is 0 Å². The van der Waals surface area contributed by atoms with Gasteiger partial charge in [-0.05, 0) is 26.2 Å². The Morgan fingerprint density at radius 2 is 2.07 bits per heavy atom. The van der Waals surface area contributed by atoms with E-state index in [1.54, 1.807) is 13.8 Å². The summed E-state index contributed by atoms with van der Waals surface area (Å²) in [5, 5.41) is 12.2. The highest BCUT2D eigenvalue weighted by molar-refractivity contribution is 5.76. The molecule has 0 fully saturated rings. The summed E-state index contributed by atoms with van der Waals surface area (Å²) in [6.45, 7) is 8.30. The molecule has 1 amide bonds. The zero-order valence-corrected chi connectivity index (χ0v) is 9.76. The van der Waals surface area contributed by atoms with Crippen LogP contribution in [0, 0.1) is 5.92 Å². The summed E-state index contributed by atoms with van der Waals surface area (Å²) in [7, 11) is 0. The summed E-state index contributed by atoms with van der Waals surface area (Å²) in [4.78, 5) is 11.3. The largest absolute Gasteiger partial charge is 0.390 e. The molecule has 0 aliphatic heterocycles. The van der Waals surface area contributed by atoms with Crippen LogP contribution in [0.15, 0.2) is 0 Å². The fourth-order valence-electron chi connectivity index (χ4n) is 1.12. The van der Waals surface area contributed by atoms with Crippen molar-refractivity contribution in [2.75, 3.05) is 6.54 Å². The van der Waals surface area contributed by atoms with Crippen molar-refractivity contribution >= 4 is 5.91 Å². The summed E-state index contributed by atoms with van der Waals surface area (Å²) in [5.41, 5.74) is -0.902. The Morgan fingerprint density at radius 1 is 1.50 bits per heavy atom. The van der Waals surface area contributed by atoms with Gasteiger partial charge < -0.3 is 10.4 Å². The van der Waals surface area contributed by atoms with Crippen LogP contribution < -0.4 is 5.32 Å². The molecule has 84 valence electrons. The summed E-state index contributed by atoms with van der Waals surface area (Å²) in [5.74, 6) is 0.582. The molecule has 2 N–H and O–H groups in total. The van der Waals surface area contributed by atoms with Gasteiger partial charge in [0.25, 0.3) is 0 Å². The average molecular weight is 201 g/mol. The van der Waals surface area contributed by atoms with Gasteiger partial charge >= 0.3 is 0 Å². The number of carbonyl (C=O) groups is 1. The number of aliphatic hydroxyl groups is 1. The lowest BCUT2D eigenvalue weighted by Crippen LogP contribution is -2.33. The van der Waals surface area contributed by atoms with Crippen molar-refractivity contribution < 1.29 is 9.90 Å². The van der Waals surface area contributed by atoms with E-state index < -0.39 is 5.60 Å². The Labute approximate surface area is 86.9 Å². The molecule has 0 saturated carbocycles. The topological polar surface area (TPSA) is 49.3 Å². The zero-order chi connectivity index (χ0) is 11.2. The molecule has 0 aromatic rings. The second kappa shape index (κ2) is 6.02. The number of hydrogen-bond donors (Lipinski definition) is 2. The first kappa shape index (κ1) is 13.4. The van der Waals surface area contributed by atoms with Crippen LogP contribution in [0.4, 0.5) is 0 Å². The predicted molar refractivity (Wildman–Crippen MR) is 58.0 cm³/mol. The Balaban J connectivity index is 3.55. The molecule has 0 bridgehead atoms. The maximum absolute atomic E-state index is 11.3.